The summed E-state index contributed by atoms with van der Waals surface area (Å²) in [6.07, 6.45) is 0.336. The Balaban J connectivity index is 2.05. The van der Waals surface area contributed by atoms with Gasteiger partial charge in [0, 0.05) is 19.3 Å². The van der Waals surface area contributed by atoms with Crippen molar-refractivity contribution in [2.75, 3.05) is 11.9 Å². The van der Waals surface area contributed by atoms with Gasteiger partial charge in [-0.2, -0.15) is 0 Å². The molecule has 2 aromatic rings. The van der Waals surface area contributed by atoms with Crippen LogP contribution < -0.4 is 10.6 Å². The van der Waals surface area contributed by atoms with Gasteiger partial charge in [-0.3, -0.25) is 4.79 Å². The fourth-order valence-electron chi connectivity index (χ4n) is 1.91. The number of likely N-dealkylation sites (N-methyl/N-ethyl adjacent to an activating group) is 1. The molecule has 0 saturated carbocycles. The molecule has 4 nitrogen and oxygen atoms in total. The van der Waals surface area contributed by atoms with Crippen molar-refractivity contribution in [1.29, 1.82) is 0 Å². The van der Waals surface area contributed by atoms with Crippen molar-refractivity contribution in [2.24, 2.45) is 5.73 Å². The van der Waals surface area contributed by atoms with E-state index in [9.17, 15) is 9.90 Å². The SMILES string of the molecule is CN(C(=O)Cc1ccc(CN)cc1)c1ccc(O)cc1. The molecule has 0 aliphatic carbocycles. The molecule has 0 unspecified atom stereocenters. The van der Waals surface area contributed by atoms with E-state index in [1.54, 1.807) is 36.2 Å². The van der Waals surface area contributed by atoms with Crippen LogP contribution >= 0.6 is 0 Å². The van der Waals surface area contributed by atoms with Gasteiger partial charge >= 0.3 is 0 Å². The smallest absolute Gasteiger partial charge is 0.231 e. The van der Waals surface area contributed by atoms with Crippen LogP contribution in [0, 0.1) is 0 Å². The van der Waals surface area contributed by atoms with Gasteiger partial charge in [0.2, 0.25) is 5.91 Å². The zero-order chi connectivity index (χ0) is 14.5. The van der Waals surface area contributed by atoms with Crippen LogP contribution in [0.2, 0.25) is 0 Å². The molecule has 0 atom stereocenters. The number of hydrogen-bond donors (Lipinski definition) is 2. The van der Waals surface area contributed by atoms with Crippen molar-refractivity contribution >= 4 is 11.6 Å². The third-order valence-electron chi connectivity index (χ3n) is 3.23. The fourth-order valence-corrected chi connectivity index (χ4v) is 1.91. The zero-order valence-electron chi connectivity index (χ0n) is 11.4. The third kappa shape index (κ3) is 3.36. The van der Waals surface area contributed by atoms with Crippen molar-refractivity contribution in [1.82, 2.24) is 0 Å². The first-order valence-corrected chi connectivity index (χ1v) is 6.43. The molecule has 1 amide bonds. The Morgan fingerprint density at radius 2 is 1.60 bits per heavy atom. The van der Waals surface area contributed by atoms with E-state index in [4.69, 9.17) is 5.73 Å². The summed E-state index contributed by atoms with van der Waals surface area (Å²) in [4.78, 5) is 13.8. The number of amides is 1. The van der Waals surface area contributed by atoms with Gasteiger partial charge in [-0.1, -0.05) is 24.3 Å². The number of rotatable bonds is 4. The van der Waals surface area contributed by atoms with E-state index in [0.29, 0.717) is 13.0 Å². The van der Waals surface area contributed by atoms with Crippen molar-refractivity contribution < 1.29 is 9.90 Å². The molecule has 0 aromatic heterocycles. The summed E-state index contributed by atoms with van der Waals surface area (Å²) in [6.45, 7) is 0.502. The second-order valence-electron chi connectivity index (χ2n) is 4.67. The summed E-state index contributed by atoms with van der Waals surface area (Å²) in [5.74, 6) is 0.183. The number of aromatic hydroxyl groups is 1. The number of anilines is 1. The van der Waals surface area contributed by atoms with Crippen LogP contribution in [0.3, 0.4) is 0 Å². The maximum atomic E-state index is 12.2. The van der Waals surface area contributed by atoms with Crippen LogP contribution in [0.25, 0.3) is 0 Å². The van der Waals surface area contributed by atoms with Crippen LogP contribution in [-0.2, 0) is 17.8 Å². The van der Waals surface area contributed by atoms with Crippen molar-refractivity contribution in [3.05, 3.63) is 59.7 Å². The monoisotopic (exact) mass is 270 g/mol. The Morgan fingerprint density at radius 1 is 1.05 bits per heavy atom. The average Bonchev–Trinajstić information content (AvgIpc) is 2.48. The minimum atomic E-state index is -0.00353. The van der Waals surface area contributed by atoms with Gasteiger partial charge in [-0.25, -0.2) is 0 Å². The van der Waals surface area contributed by atoms with Gasteiger partial charge in [0.05, 0.1) is 6.42 Å². The summed E-state index contributed by atoms with van der Waals surface area (Å²) >= 11 is 0. The quantitative estimate of drug-likeness (QED) is 0.893. The van der Waals surface area contributed by atoms with E-state index in [0.717, 1.165) is 16.8 Å². The van der Waals surface area contributed by atoms with E-state index in [2.05, 4.69) is 0 Å². The van der Waals surface area contributed by atoms with Gasteiger partial charge in [0.15, 0.2) is 0 Å². The molecule has 0 heterocycles. The zero-order valence-corrected chi connectivity index (χ0v) is 11.4. The number of phenolic OH excluding ortho intramolecular Hbond substituents is 1. The largest absolute Gasteiger partial charge is 0.508 e. The van der Waals surface area contributed by atoms with Crippen LogP contribution in [0.1, 0.15) is 11.1 Å². The Hall–Kier alpha value is -2.33. The first kappa shape index (κ1) is 14.1. The number of phenols is 1. The van der Waals surface area contributed by atoms with Crippen molar-refractivity contribution in [3.63, 3.8) is 0 Å². The predicted octanol–water partition coefficient (Wildman–Crippen LogP) is 2.06. The van der Waals surface area contributed by atoms with E-state index < -0.39 is 0 Å². The normalized spacial score (nSPS) is 10.3. The van der Waals surface area contributed by atoms with E-state index in [-0.39, 0.29) is 11.7 Å². The first-order valence-electron chi connectivity index (χ1n) is 6.43. The molecule has 0 bridgehead atoms. The molecule has 4 heteroatoms. The van der Waals surface area contributed by atoms with Crippen LogP contribution in [0.15, 0.2) is 48.5 Å². The number of carbonyl (C=O) groups is 1. The highest BCUT2D eigenvalue weighted by Crippen LogP contribution is 2.18. The highest BCUT2D eigenvalue weighted by atomic mass is 16.3. The molecular formula is C16H18N2O2. The van der Waals surface area contributed by atoms with E-state index in [1.165, 1.54) is 0 Å². The number of hydrogen-bond acceptors (Lipinski definition) is 3. The molecule has 0 radical (unpaired) electrons. The Morgan fingerprint density at radius 3 is 2.15 bits per heavy atom. The van der Waals surface area contributed by atoms with Gasteiger partial charge in [0.1, 0.15) is 5.75 Å². The second-order valence-corrected chi connectivity index (χ2v) is 4.67. The van der Waals surface area contributed by atoms with E-state index >= 15 is 0 Å². The molecule has 2 aromatic carbocycles. The highest BCUT2D eigenvalue weighted by Gasteiger charge is 2.11. The summed E-state index contributed by atoms with van der Waals surface area (Å²) in [5.41, 5.74) is 8.30. The predicted molar refractivity (Wildman–Crippen MR) is 79.6 cm³/mol. The van der Waals surface area contributed by atoms with Crippen LogP contribution in [-0.4, -0.2) is 18.1 Å². The molecule has 104 valence electrons. The van der Waals surface area contributed by atoms with Gasteiger partial charge in [-0.05, 0) is 35.4 Å². The second kappa shape index (κ2) is 6.21. The standard InChI is InChI=1S/C16H18N2O2/c1-18(14-6-8-15(19)9-7-14)16(20)10-12-2-4-13(11-17)5-3-12/h2-9,19H,10-11,17H2,1H3. The van der Waals surface area contributed by atoms with Crippen molar-refractivity contribution in [2.45, 2.75) is 13.0 Å². The summed E-state index contributed by atoms with van der Waals surface area (Å²) in [6, 6.07) is 14.3. The Kier molecular flexibility index (Phi) is 4.38. The van der Waals surface area contributed by atoms with Crippen LogP contribution in [0.4, 0.5) is 5.69 Å². The third-order valence-corrected chi connectivity index (χ3v) is 3.23. The van der Waals surface area contributed by atoms with Crippen molar-refractivity contribution in [3.8, 4) is 5.75 Å². The maximum absolute atomic E-state index is 12.2. The Bertz CT molecular complexity index is 576. The highest BCUT2D eigenvalue weighted by molar-refractivity contribution is 5.94. The molecule has 2 rings (SSSR count). The van der Waals surface area contributed by atoms with Gasteiger partial charge < -0.3 is 15.7 Å². The lowest BCUT2D eigenvalue weighted by atomic mass is 10.1. The molecule has 3 N–H and O–H groups in total. The molecule has 0 saturated heterocycles. The summed E-state index contributed by atoms with van der Waals surface area (Å²) in [5, 5.41) is 9.25. The lowest BCUT2D eigenvalue weighted by Crippen LogP contribution is -2.27. The fraction of sp³-hybridized carbons (Fsp3) is 0.188. The van der Waals surface area contributed by atoms with Gasteiger partial charge in [-0.15, -0.1) is 0 Å². The Labute approximate surface area is 118 Å². The molecule has 0 aliphatic heterocycles. The lowest BCUT2D eigenvalue weighted by Gasteiger charge is -2.17. The number of nitrogens with two attached hydrogens (primary N) is 1. The van der Waals surface area contributed by atoms with E-state index in [1.807, 2.05) is 24.3 Å². The molecule has 0 aliphatic rings. The number of carbonyl (C=O) groups excluding carboxylic acids is 1. The minimum absolute atomic E-state index is 0.00353. The minimum Gasteiger partial charge on any atom is -0.508 e. The van der Waals surface area contributed by atoms with Gasteiger partial charge in [0.25, 0.3) is 0 Å². The summed E-state index contributed by atoms with van der Waals surface area (Å²) < 4.78 is 0. The number of nitrogens with zero attached hydrogens (tertiary/aromatic N) is 1. The first-order chi connectivity index (χ1) is 9.60. The van der Waals surface area contributed by atoms with Crippen LogP contribution in [0.5, 0.6) is 5.75 Å². The number of benzene rings is 2. The molecule has 0 spiro atoms. The summed E-state index contributed by atoms with van der Waals surface area (Å²) in [7, 11) is 1.73. The molecule has 20 heavy (non-hydrogen) atoms. The topological polar surface area (TPSA) is 66.6 Å². The maximum Gasteiger partial charge on any atom is 0.231 e. The molecule has 0 fully saturated rings. The molecular weight excluding hydrogens is 252 g/mol. The average molecular weight is 270 g/mol. The lowest BCUT2D eigenvalue weighted by molar-refractivity contribution is -0.117.